The number of benzene rings is 1. The number of aromatic nitrogens is 6. The number of thioether (sulfide) groups is 1. The van der Waals surface area contributed by atoms with Crippen molar-refractivity contribution in [2.45, 2.75) is 18.5 Å². The molecular weight excluding hydrogens is 442 g/mol. The molecule has 0 saturated carbocycles. The minimum atomic E-state index is -0.175. The van der Waals surface area contributed by atoms with Gasteiger partial charge >= 0.3 is 0 Å². The van der Waals surface area contributed by atoms with E-state index in [0.717, 1.165) is 22.2 Å². The second kappa shape index (κ2) is 8.99. The van der Waals surface area contributed by atoms with Gasteiger partial charge in [-0.2, -0.15) is 0 Å². The van der Waals surface area contributed by atoms with E-state index >= 15 is 0 Å². The van der Waals surface area contributed by atoms with E-state index in [0.29, 0.717) is 21.7 Å². The molecule has 0 saturated heterocycles. The van der Waals surface area contributed by atoms with Crippen LogP contribution in [0.2, 0.25) is 5.02 Å². The van der Waals surface area contributed by atoms with Crippen LogP contribution in [0.5, 0.6) is 0 Å². The van der Waals surface area contributed by atoms with Gasteiger partial charge in [0.15, 0.2) is 5.16 Å². The SMILES string of the molecule is Cc1nnc(NC(=O)CSc2nnc(Cc3cccn3C)n2-c2ccc(Cl)cc2)s1. The van der Waals surface area contributed by atoms with Crippen LogP contribution >= 0.6 is 34.7 Å². The molecule has 8 nitrogen and oxygen atoms in total. The van der Waals surface area contributed by atoms with Crippen molar-refractivity contribution in [1.82, 2.24) is 29.5 Å². The van der Waals surface area contributed by atoms with Gasteiger partial charge in [-0.1, -0.05) is 34.7 Å². The van der Waals surface area contributed by atoms with Gasteiger partial charge in [0.2, 0.25) is 11.0 Å². The quantitative estimate of drug-likeness (QED) is 0.423. The van der Waals surface area contributed by atoms with E-state index in [9.17, 15) is 4.79 Å². The number of hydrogen-bond acceptors (Lipinski definition) is 7. The number of nitrogens with one attached hydrogen (secondary N) is 1. The van der Waals surface area contributed by atoms with Gasteiger partial charge < -0.3 is 4.57 Å². The highest BCUT2D eigenvalue weighted by Gasteiger charge is 2.17. The van der Waals surface area contributed by atoms with E-state index in [1.165, 1.54) is 23.1 Å². The zero-order valence-corrected chi connectivity index (χ0v) is 18.6. The molecule has 1 amide bonds. The number of hydrogen-bond donors (Lipinski definition) is 1. The van der Waals surface area contributed by atoms with Crippen molar-refractivity contribution in [2.75, 3.05) is 11.1 Å². The van der Waals surface area contributed by atoms with Gasteiger partial charge in [0.25, 0.3) is 0 Å². The minimum Gasteiger partial charge on any atom is -0.354 e. The first-order valence-electron chi connectivity index (χ1n) is 9.03. The largest absolute Gasteiger partial charge is 0.354 e. The lowest BCUT2D eigenvalue weighted by Crippen LogP contribution is -2.14. The summed E-state index contributed by atoms with van der Waals surface area (Å²) < 4.78 is 4.00. The zero-order valence-electron chi connectivity index (χ0n) is 16.2. The molecule has 4 rings (SSSR count). The predicted octanol–water partition coefficient (Wildman–Crippen LogP) is 3.74. The van der Waals surface area contributed by atoms with Crippen molar-refractivity contribution >= 4 is 45.7 Å². The number of rotatable bonds is 7. The maximum atomic E-state index is 12.3. The summed E-state index contributed by atoms with van der Waals surface area (Å²) in [5, 5.41) is 21.9. The average Bonchev–Trinajstić information content (AvgIpc) is 3.43. The second-order valence-corrected chi connectivity index (χ2v) is 9.02. The maximum Gasteiger partial charge on any atom is 0.236 e. The Morgan fingerprint density at radius 1 is 1.17 bits per heavy atom. The van der Waals surface area contributed by atoms with Crippen molar-refractivity contribution in [3.05, 3.63) is 64.1 Å². The smallest absolute Gasteiger partial charge is 0.236 e. The summed E-state index contributed by atoms with van der Waals surface area (Å²) in [4.78, 5) is 12.3. The molecule has 0 aliphatic carbocycles. The number of anilines is 1. The van der Waals surface area contributed by atoms with Crippen LogP contribution in [0.1, 0.15) is 16.5 Å². The van der Waals surface area contributed by atoms with E-state index in [1.54, 1.807) is 0 Å². The topological polar surface area (TPSA) is 90.5 Å². The summed E-state index contributed by atoms with van der Waals surface area (Å²) in [5.41, 5.74) is 2.00. The maximum absolute atomic E-state index is 12.3. The van der Waals surface area contributed by atoms with Gasteiger partial charge in [0.05, 0.1) is 5.75 Å². The Bertz CT molecular complexity index is 1170. The molecule has 0 fully saturated rings. The molecule has 0 aliphatic heterocycles. The molecule has 0 atom stereocenters. The molecule has 4 aromatic rings. The number of amides is 1. The first-order valence-corrected chi connectivity index (χ1v) is 11.2. The lowest BCUT2D eigenvalue weighted by atomic mass is 10.2. The monoisotopic (exact) mass is 459 g/mol. The van der Waals surface area contributed by atoms with Gasteiger partial charge in [0.1, 0.15) is 10.8 Å². The van der Waals surface area contributed by atoms with E-state index in [2.05, 4.69) is 25.7 Å². The fraction of sp³-hybridized carbons (Fsp3) is 0.211. The van der Waals surface area contributed by atoms with E-state index < -0.39 is 0 Å². The molecule has 0 unspecified atom stereocenters. The number of halogens is 1. The van der Waals surface area contributed by atoms with Crippen LogP contribution in [0.4, 0.5) is 5.13 Å². The standard InChI is InChI=1S/C19H18ClN7OS2/c1-12-22-24-18(30-12)21-17(28)11-29-19-25-23-16(10-15-4-3-9-26(15)2)27(19)14-7-5-13(20)6-8-14/h3-9H,10-11H2,1-2H3,(H,21,24,28). The highest BCUT2D eigenvalue weighted by atomic mass is 35.5. The highest BCUT2D eigenvalue weighted by Crippen LogP contribution is 2.25. The van der Waals surface area contributed by atoms with E-state index in [4.69, 9.17) is 11.6 Å². The molecule has 1 N–H and O–H groups in total. The predicted molar refractivity (Wildman–Crippen MR) is 119 cm³/mol. The van der Waals surface area contributed by atoms with Crippen molar-refractivity contribution in [3.63, 3.8) is 0 Å². The van der Waals surface area contributed by atoms with Crippen LogP contribution in [0.3, 0.4) is 0 Å². The fourth-order valence-corrected chi connectivity index (χ4v) is 4.34. The first kappa shape index (κ1) is 20.6. The van der Waals surface area contributed by atoms with Crippen LogP contribution in [-0.2, 0) is 18.3 Å². The molecule has 3 heterocycles. The Morgan fingerprint density at radius 3 is 2.63 bits per heavy atom. The Morgan fingerprint density at radius 2 is 1.97 bits per heavy atom. The Kier molecular flexibility index (Phi) is 6.16. The van der Waals surface area contributed by atoms with E-state index in [-0.39, 0.29) is 11.7 Å². The summed E-state index contributed by atoms with van der Waals surface area (Å²) in [7, 11) is 1.99. The number of carbonyl (C=O) groups is 1. The fourth-order valence-electron chi connectivity index (χ4n) is 2.83. The van der Waals surface area contributed by atoms with Crippen LogP contribution in [0.15, 0.2) is 47.8 Å². The molecule has 30 heavy (non-hydrogen) atoms. The van der Waals surface area contributed by atoms with Gasteiger partial charge in [-0.05, 0) is 43.3 Å². The third-order valence-electron chi connectivity index (χ3n) is 4.28. The minimum absolute atomic E-state index is 0.175. The average molecular weight is 460 g/mol. The number of aryl methyl sites for hydroxylation is 2. The summed E-state index contributed by atoms with van der Waals surface area (Å²) in [6.07, 6.45) is 2.60. The third kappa shape index (κ3) is 4.72. The normalized spacial score (nSPS) is 11.0. The Hall–Kier alpha value is -2.69. The number of carbonyl (C=O) groups excluding carboxylic acids is 1. The molecule has 0 aliphatic rings. The summed E-state index contributed by atoms with van der Waals surface area (Å²) >= 11 is 8.71. The first-order chi connectivity index (χ1) is 14.5. The molecule has 11 heteroatoms. The van der Waals surface area contributed by atoms with Crippen LogP contribution < -0.4 is 5.32 Å². The molecule has 154 valence electrons. The third-order valence-corrected chi connectivity index (χ3v) is 6.22. The van der Waals surface area contributed by atoms with Crippen LogP contribution in [-0.4, -0.2) is 41.2 Å². The van der Waals surface area contributed by atoms with Gasteiger partial charge in [0, 0.05) is 36.1 Å². The van der Waals surface area contributed by atoms with Crippen molar-refractivity contribution in [3.8, 4) is 5.69 Å². The summed E-state index contributed by atoms with van der Waals surface area (Å²) in [6, 6.07) is 11.5. The second-order valence-electron chi connectivity index (χ2n) is 6.46. The van der Waals surface area contributed by atoms with Crippen molar-refractivity contribution in [1.29, 1.82) is 0 Å². The zero-order chi connectivity index (χ0) is 21.1. The molecule has 3 aromatic heterocycles. The summed E-state index contributed by atoms with van der Waals surface area (Å²) in [6.45, 7) is 1.84. The van der Waals surface area contributed by atoms with Crippen LogP contribution in [0, 0.1) is 6.92 Å². The van der Waals surface area contributed by atoms with Gasteiger partial charge in [-0.3, -0.25) is 14.7 Å². The van der Waals surface area contributed by atoms with Crippen LogP contribution in [0.25, 0.3) is 5.69 Å². The van der Waals surface area contributed by atoms with Crippen molar-refractivity contribution in [2.24, 2.45) is 7.05 Å². The van der Waals surface area contributed by atoms with Gasteiger partial charge in [-0.25, -0.2) is 0 Å². The molecule has 1 aromatic carbocycles. The molecule has 0 bridgehead atoms. The lowest BCUT2D eigenvalue weighted by Gasteiger charge is -2.11. The van der Waals surface area contributed by atoms with Gasteiger partial charge in [-0.15, -0.1) is 20.4 Å². The van der Waals surface area contributed by atoms with E-state index in [1.807, 2.05) is 65.7 Å². The highest BCUT2D eigenvalue weighted by molar-refractivity contribution is 7.99. The number of nitrogens with zero attached hydrogens (tertiary/aromatic N) is 6. The molecule has 0 radical (unpaired) electrons. The molecule has 0 spiro atoms. The Labute approximate surface area is 186 Å². The lowest BCUT2D eigenvalue weighted by molar-refractivity contribution is -0.113. The van der Waals surface area contributed by atoms with Crippen molar-refractivity contribution < 1.29 is 4.79 Å². The molecular formula is C19H18ClN7OS2. The summed E-state index contributed by atoms with van der Waals surface area (Å²) in [5.74, 6) is 0.779. The Balaban J connectivity index is 1.56.